The number of rotatable bonds is 4. The number of hydrogen-bond donors (Lipinski definition) is 0. The Labute approximate surface area is 172 Å². The van der Waals surface area contributed by atoms with Crippen molar-refractivity contribution in [2.24, 2.45) is 5.10 Å². The molecule has 1 aliphatic rings. The van der Waals surface area contributed by atoms with E-state index in [9.17, 15) is 4.79 Å². The first-order chi connectivity index (χ1) is 13.7. The van der Waals surface area contributed by atoms with E-state index in [0.717, 1.165) is 27.1 Å². The zero-order valence-electron chi connectivity index (χ0n) is 15.4. The zero-order valence-corrected chi connectivity index (χ0v) is 17.0. The number of ether oxygens (including phenoxy) is 1. The summed E-state index contributed by atoms with van der Waals surface area (Å²) in [5, 5.41) is 6.32. The van der Waals surface area contributed by atoms with Crippen LogP contribution in [0.3, 0.4) is 0 Å². The van der Waals surface area contributed by atoms with E-state index < -0.39 is 0 Å². The van der Waals surface area contributed by atoms with Crippen molar-refractivity contribution in [3.8, 4) is 5.75 Å². The number of carbonyl (C=O) groups is 1. The topological polar surface area (TPSA) is 41.9 Å². The largest absolute Gasteiger partial charge is 0.497 e. The second kappa shape index (κ2) is 7.98. The second-order valence-corrected chi connectivity index (χ2v) is 7.48. The van der Waals surface area contributed by atoms with Crippen LogP contribution in [-0.2, 0) is 0 Å². The average Bonchev–Trinajstić information content (AvgIpc) is 3.19. The summed E-state index contributed by atoms with van der Waals surface area (Å²) in [5.41, 5.74) is 3.57. The van der Waals surface area contributed by atoms with Gasteiger partial charge >= 0.3 is 0 Å². The van der Waals surface area contributed by atoms with Crippen LogP contribution in [0.15, 0.2) is 88.4 Å². The van der Waals surface area contributed by atoms with Gasteiger partial charge in [0.2, 0.25) is 0 Å². The molecule has 4 rings (SSSR count). The van der Waals surface area contributed by atoms with E-state index in [1.165, 1.54) is 0 Å². The summed E-state index contributed by atoms with van der Waals surface area (Å²) in [4.78, 5) is 13.3. The summed E-state index contributed by atoms with van der Waals surface area (Å²) in [6.07, 6.45) is 0.663. The first-order valence-corrected chi connectivity index (χ1v) is 9.81. The Bertz CT molecular complexity index is 1020. The third-order valence-corrected chi connectivity index (χ3v) is 5.29. The van der Waals surface area contributed by atoms with Gasteiger partial charge in [0.15, 0.2) is 0 Å². The molecule has 0 spiro atoms. The molecule has 1 heterocycles. The van der Waals surface area contributed by atoms with E-state index in [2.05, 4.69) is 15.9 Å². The number of halogens is 1. The predicted molar refractivity (Wildman–Crippen MR) is 114 cm³/mol. The standard InChI is InChI=1S/C23H19BrN2O2/c1-28-20-12-10-17(11-13-20)22-15-21(16-6-3-2-4-7-16)25-26(22)23(27)18-8-5-9-19(24)14-18/h2-14,22H,15H2,1H3. The van der Waals surface area contributed by atoms with Crippen LogP contribution in [-0.4, -0.2) is 23.7 Å². The molecule has 0 fully saturated rings. The molecule has 0 saturated heterocycles. The van der Waals surface area contributed by atoms with E-state index in [1.54, 1.807) is 12.1 Å². The molecule has 5 heteroatoms. The lowest BCUT2D eigenvalue weighted by atomic mass is 9.98. The summed E-state index contributed by atoms with van der Waals surface area (Å²) in [6, 6.07) is 25.1. The van der Waals surface area contributed by atoms with E-state index in [-0.39, 0.29) is 11.9 Å². The molecule has 0 aromatic heterocycles. The van der Waals surface area contributed by atoms with Gasteiger partial charge in [-0.15, -0.1) is 0 Å². The summed E-state index contributed by atoms with van der Waals surface area (Å²) >= 11 is 3.44. The molecular weight excluding hydrogens is 416 g/mol. The Kier molecular flexibility index (Phi) is 5.26. The average molecular weight is 435 g/mol. The van der Waals surface area contributed by atoms with Crippen molar-refractivity contribution in [3.05, 3.63) is 100 Å². The third-order valence-electron chi connectivity index (χ3n) is 4.80. The molecule has 3 aromatic rings. The summed E-state index contributed by atoms with van der Waals surface area (Å²) in [5.74, 6) is 0.670. The van der Waals surface area contributed by atoms with Crippen molar-refractivity contribution in [1.82, 2.24) is 5.01 Å². The van der Waals surface area contributed by atoms with E-state index in [1.807, 2.05) is 78.9 Å². The third kappa shape index (κ3) is 3.71. The van der Waals surface area contributed by atoms with Gasteiger partial charge in [-0.3, -0.25) is 4.79 Å². The Balaban J connectivity index is 1.72. The summed E-state index contributed by atoms with van der Waals surface area (Å²) < 4.78 is 6.13. The normalized spacial score (nSPS) is 16.0. The highest BCUT2D eigenvalue weighted by Crippen LogP contribution is 2.34. The van der Waals surface area contributed by atoms with Crippen LogP contribution in [0.25, 0.3) is 0 Å². The highest BCUT2D eigenvalue weighted by Gasteiger charge is 2.33. The van der Waals surface area contributed by atoms with Gasteiger partial charge < -0.3 is 4.74 Å². The maximum Gasteiger partial charge on any atom is 0.274 e. The Morgan fingerprint density at radius 1 is 1.04 bits per heavy atom. The smallest absolute Gasteiger partial charge is 0.274 e. The maximum atomic E-state index is 13.3. The van der Waals surface area contributed by atoms with Crippen LogP contribution < -0.4 is 4.74 Å². The van der Waals surface area contributed by atoms with Gasteiger partial charge in [-0.25, -0.2) is 5.01 Å². The quantitative estimate of drug-likeness (QED) is 0.547. The monoisotopic (exact) mass is 434 g/mol. The first kappa shape index (κ1) is 18.4. The molecule has 0 bridgehead atoms. The Morgan fingerprint density at radius 2 is 1.79 bits per heavy atom. The van der Waals surface area contributed by atoms with Crippen LogP contribution in [0.1, 0.15) is 33.9 Å². The zero-order chi connectivity index (χ0) is 19.5. The molecule has 1 amide bonds. The van der Waals surface area contributed by atoms with Gasteiger partial charge in [-0.1, -0.05) is 64.5 Å². The molecule has 28 heavy (non-hydrogen) atoms. The van der Waals surface area contributed by atoms with Crippen molar-refractivity contribution < 1.29 is 9.53 Å². The number of hydrogen-bond acceptors (Lipinski definition) is 3. The molecule has 4 nitrogen and oxygen atoms in total. The van der Waals surface area contributed by atoms with Crippen LogP contribution in [0.2, 0.25) is 0 Å². The number of hydrazone groups is 1. The van der Waals surface area contributed by atoms with Crippen LogP contribution in [0.5, 0.6) is 5.75 Å². The van der Waals surface area contributed by atoms with Gasteiger partial charge in [0.1, 0.15) is 5.75 Å². The van der Waals surface area contributed by atoms with Crippen molar-refractivity contribution in [1.29, 1.82) is 0 Å². The summed E-state index contributed by atoms with van der Waals surface area (Å²) in [7, 11) is 1.64. The summed E-state index contributed by atoms with van der Waals surface area (Å²) in [6.45, 7) is 0. The lowest BCUT2D eigenvalue weighted by Crippen LogP contribution is -2.27. The number of methoxy groups -OCH3 is 1. The van der Waals surface area contributed by atoms with E-state index in [4.69, 9.17) is 9.84 Å². The molecule has 0 N–H and O–H groups in total. The SMILES string of the molecule is COc1ccc(C2CC(c3ccccc3)=NN2C(=O)c2cccc(Br)c2)cc1. The fourth-order valence-corrected chi connectivity index (χ4v) is 3.74. The maximum absolute atomic E-state index is 13.3. The van der Waals surface area contributed by atoms with Crippen LogP contribution >= 0.6 is 15.9 Å². The van der Waals surface area contributed by atoms with Gasteiger partial charge in [-0.05, 0) is 41.5 Å². The van der Waals surface area contributed by atoms with Crippen molar-refractivity contribution in [2.75, 3.05) is 7.11 Å². The minimum atomic E-state index is -0.160. The molecular formula is C23H19BrN2O2. The molecule has 0 saturated carbocycles. The Hall–Kier alpha value is -2.92. The predicted octanol–water partition coefficient (Wildman–Crippen LogP) is 5.45. The molecule has 3 aromatic carbocycles. The fourth-order valence-electron chi connectivity index (χ4n) is 3.34. The molecule has 0 aliphatic carbocycles. The molecule has 1 unspecified atom stereocenters. The highest BCUT2D eigenvalue weighted by molar-refractivity contribution is 9.10. The van der Waals surface area contributed by atoms with Crippen molar-refractivity contribution in [3.63, 3.8) is 0 Å². The first-order valence-electron chi connectivity index (χ1n) is 9.01. The molecule has 1 atom stereocenters. The number of amides is 1. The van der Waals surface area contributed by atoms with Gasteiger partial charge in [0.25, 0.3) is 5.91 Å². The minimum Gasteiger partial charge on any atom is -0.497 e. The lowest BCUT2D eigenvalue weighted by Gasteiger charge is -2.22. The fraction of sp³-hybridized carbons (Fsp3) is 0.130. The van der Waals surface area contributed by atoms with E-state index in [0.29, 0.717) is 12.0 Å². The number of carbonyl (C=O) groups excluding carboxylic acids is 1. The molecule has 140 valence electrons. The minimum absolute atomic E-state index is 0.118. The lowest BCUT2D eigenvalue weighted by molar-refractivity contribution is 0.0711. The van der Waals surface area contributed by atoms with Crippen LogP contribution in [0.4, 0.5) is 0 Å². The van der Waals surface area contributed by atoms with E-state index >= 15 is 0 Å². The van der Waals surface area contributed by atoms with Crippen molar-refractivity contribution >= 4 is 27.5 Å². The Morgan fingerprint density at radius 3 is 2.46 bits per heavy atom. The molecule has 0 radical (unpaired) electrons. The molecule has 1 aliphatic heterocycles. The second-order valence-electron chi connectivity index (χ2n) is 6.57. The number of benzene rings is 3. The highest BCUT2D eigenvalue weighted by atomic mass is 79.9. The van der Waals surface area contributed by atoms with Gasteiger partial charge in [0, 0.05) is 16.5 Å². The van der Waals surface area contributed by atoms with Gasteiger partial charge in [-0.2, -0.15) is 5.10 Å². The van der Waals surface area contributed by atoms with Crippen molar-refractivity contribution in [2.45, 2.75) is 12.5 Å². The number of nitrogens with zero attached hydrogens (tertiary/aromatic N) is 2. The van der Waals surface area contributed by atoms with Crippen LogP contribution in [0, 0.1) is 0 Å². The van der Waals surface area contributed by atoms with Gasteiger partial charge in [0.05, 0.1) is 18.9 Å².